The van der Waals surface area contributed by atoms with Crippen molar-refractivity contribution < 1.29 is 4.42 Å². The van der Waals surface area contributed by atoms with E-state index in [1.807, 2.05) is 66.7 Å². The number of para-hydroxylation sites is 1. The predicted octanol–water partition coefficient (Wildman–Crippen LogP) is 14.1. The van der Waals surface area contributed by atoms with E-state index in [4.69, 9.17) is 19.4 Å². The molecule has 0 amide bonds. The van der Waals surface area contributed by atoms with E-state index < -0.39 is 0 Å². The molecule has 0 atom stereocenters. The highest BCUT2D eigenvalue weighted by molar-refractivity contribution is 7.26. The van der Waals surface area contributed by atoms with Crippen LogP contribution in [0.25, 0.3) is 110 Å². The maximum absolute atomic E-state index is 6.62. The minimum Gasteiger partial charge on any atom is -0.456 e. The molecule has 0 spiro atoms. The minimum atomic E-state index is 0.649. The summed E-state index contributed by atoms with van der Waals surface area (Å²) in [5.74, 6) is 1.95. The Balaban J connectivity index is 1.14. The van der Waals surface area contributed by atoms with Crippen molar-refractivity contribution in [2.75, 3.05) is 0 Å². The Labute approximate surface area is 327 Å². The summed E-state index contributed by atoms with van der Waals surface area (Å²) < 4.78 is 8.96. The van der Waals surface area contributed by atoms with Gasteiger partial charge in [-0.1, -0.05) is 158 Å². The summed E-state index contributed by atoms with van der Waals surface area (Å²) in [5, 5.41) is 4.59. The van der Waals surface area contributed by atoms with Crippen LogP contribution in [0.2, 0.25) is 0 Å². The Bertz CT molecular complexity index is 3180. The van der Waals surface area contributed by atoms with Gasteiger partial charge in [0.2, 0.25) is 0 Å². The third-order valence-corrected chi connectivity index (χ3v) is 11.8. The largest absolute Gasteiger partial charge is 0.456 e. The second kappa shape index (κ2) is 13.3. The van der Waals surface area contributed by atoms with Crippen LogP contribution in [0.15, 0.2) is 192 Å². The Morgan fingerprint density at radius 3 is 1.50 bits per heavy atom. The van der Waals surface area contributed by atoms with Crippen LogP contribution in [0, 0.1) is 0 Å². The van der Waals surface area contributed by atoms with Crippen LogP contribution in [-0.4, -0.2) is 15.0 Å². The van der Waals surface area contributed by atoms with Crippen LogP contribution >= 0.6 is 11.3 Å². The van der Waals surface area contributed by atoms with Crippen molar-refractivity contribution in [3.05, 3.63) is 188 Å². The van der Waals surface area contributed by atoms with Gasteiger partial charge in [-0.25, -0.2) is 15.0 Å². The van der Waals surface area contributed by atoms with Gasteiger partial charge in [-0.05, 0) is 58.1 Å². The van der Waals surface area contributed by atoms with Crippen molar-refractivity contribution in [2.45, 2.75) is 0 Å². The van der Waals surface area contributed by atoms with Gasteiger partial charge in [-0.15, -0.1) is 11.3 Å². The lowest BCUT2D eigenvalue weighted by molar-refractivity contribution is 0.669. The average Bonchev–Trinajstić information content (AvgIpc) is 3.86. The summed E-state index contributed by atoms with van der Waals surface area (Å²) in [6, 6.07) is 65.6. The molecule has 11 rings (SSSR count). The fourth-order valence-corrected chi connectivity index (χ4v) is 9.22. The van der Waals surface area contributed by atoms with Crippen molar-refractivity contribution >= 4 is 53.4 Å². The average molecular weight is 734 g/mol. The number of nitrogens with zero attached hydrogens (tertiary/aromatic N) is 3. The molecule has 56 heavy (non-hydrogen) atoms. The van der Waals surface area contributed by atoms with Crippen LogP contribution in [-0.2, 0) is 0 Å². The van der Waals surface area contributed by atoms with Gasteiger partial charge in [0.25, 0.3) is 0 Å². The lowest BCUT2D eigenvalue weighted by atomic mass is 9.92. The van der Waals surface area contributed by atoms with E-state index in [0.29, 0.717) is 17.5 Å². The molecule has 8 aromatic carbocycles. The zero-order valence-corrected chi connectivity index (χ0v) is 30.9. The Hall–Kier alpha value is -7.21. The standard InChI is InChI=1S/C51H31N3OS/c1-4-15-32(16-5-1)35-21-12-22-36(29-35)37-30-43(46-41-23-10-11-28-44(41)55-45(46)31-37)40-26-13-24-38-39-25-14-27-42(48(39)56-47(38)40)51-53-49(33-17-6-2-7-18-33)52-50(54-51)34-19-8-3-9-20-34/h1-31H. The molecule has 0 radical (unpaired) electrons. The van der Waals surface area contributed by atoms with Gasteiger partial charge >= 0.3 is 0 Å². The van der Waals surface area contributed by atoms with Crippen LogP contribution in [0.4, 0.5) is 0 Å². The lowest BCUT2D eigenvalue weighted by Crippen LogP contribution is -2.00. The maximum Gasteiger partial charge on any atom is 0.165 e. The van der Waals surface area contributed by atoms with E-state index in [1.54, 1.807) is 11.3 Å². The van der Waals surface area contributed by atoms with E-state index in [9.17, 15) is 0 Å². The molecule has 11 aromatic rings. The van der Waals surface area contributed by atoms with E-state index in [2.05, 4.69) is 121 Å². The molecule has 262 valence electrons. The molecule has 3 aromatic heterocycles. The molecular weight excluding hydrogens is 703 g/mol. The summed E-state index contributed by atoms with van der Waals surface area (Å²) in [6.45, 7) is 0. The highest BCUT2D eigenvalue weighted by Crippen LogP contribution is 2.47. The second-order valence-electron chi connectivity index (χ2n) is 13.9. The van der Waals surface area contributed by atoms with E-state index in [0.717, 1.165) is 65.6 Å². The number of rotatable bonds is 6. The molecule has 0 aliphatic rings. The molecule has 0 unspecified atom stereocenters. The monoisotopic (exact) mass is 733 g/mol. The number of aromatic nitrogens is 3. The van der Waals surface area contributed by atoms with Gasteiger partial charge in [0.15, 0.2) is 17.5 Å². The molecule has 0 saturated carbocycles. The number of fused-ring (bicyclic) bond motifs is 6. The van der Waals surface area contributed by atoms with Gasteiger partial charge in [-0.2, -0.15) is 0 Å². The smallest absolute Gasteiger partial charge is 0.165 e. The lowest BCUT2D eigenvalue weighted by Gasteiger charge is -2.11. The molecule has 4 nitrogen and oxygen atoms in total. The minimum absolute atomic E-state index is 0.649. The van der Waals surface area contributed by atoms with E-state index in [1.165, 1.54) is 26.6 Å². The maximum atomic E-state index is 6.62. The van der Waals surface area contributed by atoms with Gasteiger partial charge in [-0.3, -0.25) is 0 Å². The predicted molar refractivity (Wildman–Crippen MR) is 233 cm³/mol. The summed E-state index contributed by atoms with van der Waals surface area (Å²) in [6.07, 6.45) is 0. The SMILES string of the molecule is c1ccc(-c2cccc(-c3cc(-c4cccc5c4sc4c(-c6nc(-c7ccccc7)nc(-c7ccccc7)n6)cccc45)c4c(c3)oc3ccccc34)c2)cc1. The number of furan rings is 1. The fraction of sp³-hybridized carbons (Fsp3) is 0. The second-order valence-corrected chi connectivity index (χ2v) is 15.0. The molecule has 0 N–H and O–H groups in total. The summed E-state index contributed by atoms with van der Waals surface area (Å²) in [7, 11) is 0. The molecule has 0 saturated heterocycles. The normalized spacial score (nSPS) is 11.6. The van der Waals surface area contributed by atoms with Crippen molar-refractivity contribution in [1.29, 1.82) is 0 Å². The molecule has 5 heteroatoms. The fourth-order valence-electron chi connectivity index (χ4n) is 7.88. The topological polar surface area (TPSA) is 51.8 Å². The Morgan fingerprint density at radius 1 is 0.321 bits per heavy atom. The van der Waals surface area contributed by atoms with Crippen LogP contribution in [0.3, 0.4) is 0 Å². The zero-order chi connectivity index (χ0) is 37.0. The van der Waals surface area contributed by atoms with Crippen LogP contribution in [0.1, 0.15) is 0 Å². The highest BCUT2D eigenvalue weighted by atomic mass is 32.1. The Morgan fingerprint density at radius 2 is 0.821 bits per heavy atom. The van der Waals surface area contributed by atoms with Crippen molar-refractivity contribution in [2.24, 2.45) is 0 Å². The zero-order valence-electron chi connectivity index (χ0n) is 30.1. The first kappa shape index (κ1) is 32.2. The molecule has 0 bridgehead atoms. The third kappa shape index (κ3) is 5.48. The molecule has 0 aliphatic heterocycles. The number of thiophene rings is 1. The first-order valence-corrected chi connectivity index (χ1v) is 19.5. The first-order chi connectivity index (χ1) is 27.7. The van der Waals surface area contributed by atoms with Crippen LogP contribution in [0.5, 0.6) is 0 Å². The molecule has 0 aliphatic carbocycles. The number of benzene rings is 8. The molecular formula is C51H31N3OS. The van der Waals surface area contributed by atoms with Crippen LogP contribution < -0.4 is 0 Å². The summed E-state index contributed by atoms with van der Waals surface area (Å²) in [4.78, 5) is 15.2. The highest BCUT2D eigenvalue weighted by Gasteiger charge is 2.21. The van der Waals surface area contributed by atoms with E-state index in [-0.39, 0.29) is 0 Å². The van der Waals surface area contributed by atoms with E-state index >= 15 is 0 Å². The molecule has 3 heterocycles. The molecule has 0 fully saturated rings. The van der Waals surface area contributed by atoms with Gasteiger partial charge in [0.1, 0.15) is 11.2 Å². The summed E-state index contributed by atoms with van der Waals surface area (Å²) >= 11 is 1.79. The number of hydrogen-bond acceptors (Lipinski definition) is 5. The van der Waals surface area contributed by atoms with Crippen molar-refractivity contribution in [1.82, 2.24) is 15.0 Å². The quantitative estimate of drug-likeness (QED) is 0.171. The summed E-state index contributed by atoms with van der Waals surface area (Å²) in [5.41, 5.74) is 11.5. The first-order valence-electron chi connectivity index (χ1n) is 18.7. The third-order valence-electron chi connectivity index (χ3n) is 10.5. The Kier molecular flexibility index (Phi) is 7.64. The number of hydrogen-bond donors (Lipinski definition) is 0. The van der Waals surface area contributed by atoms with Crippen molar-refractivity contribution in [3.8, 4) is 67.5 Å². The van der Waals surface area contributed by atoms with Crippen molar-refractivity contribution in [3.63, 3.8) is 0 Å². The van der Waals surface area contributed by atoms with Gasteiger partial charge in [0.05, 0.1) is 0 Å². The van der Waals surface area contributed by atoms with Gasteiger partial charge in [0, 0.05) is 53.2 Å². The van der Waals surface area contributed by atoms with Gasteiger partial charge < -0.3 is 4.42 Å².